The number of hydrogen-bond acceptors (Lipinski definition) is 2. The molecule has 0 aliphatic heterocycles. The van der Waals surface area contributed by atoms with Crippen molar-refractivity contribution in [2.24, 2.45) is 5.41 Å². The highest BCUT2D eigenvalue weighted by molar-refractivity contribution is 9.09. The highest BCUT2D eigenvalue weighted by atomic mass is 79.9. The summed E-state index contributed by atoms with van der Waals surface area (Å²) in [6, 6.07) is 0. The van der Waals surface area contributed by atoms with Crippen LogP contribution in [-0.4, -0.2) is 31.0 Å². The lowest BCUT2D eigenvalue weighted by Crippen LogP contribution is -2.35. The predicted molar refractivity (Wildman–Crippen MR) is 61.7 cm³/mol. The van der Waals surface area contributed by atoms with Gasteiger partial charge in [0.1, 0.15) is 0 Å². The van der Waals surface area contributed by atoms with Gasteiger partial charge in [0.05, 0.1) is 6.61 Å². The van der Waals surface area contributed by atoms with Crippen LogP contribution >= 0.6 is 15.9 Å². The largest absolute Gasteiger partial charge is 0.381 e. The van der Waals surface area contributed by atoms with Crippen LogP contribution in [0, 0.1) is 5.41 Å². The van der Waals surface area contributed by atoms with Gasteiger partial charge >= 0.3 is 0 Å². The molecule has 0 saturated carbocycles. The molecule has 1 N–H and O–H groups in total. The van der Waals surface area contributed by atoms with Gasteiger partial charge in [-0.3, -0.25) is 4.79 Å². The molecular weight excluding hydrogens is 246 g/mol. The second kappa shape index (κ2) is 7.23. The van der Waals surface area contributed by atoms with Crippen LogP contribution in [-0.2, 0) is 9.53 Å². The lowest BCUT2D eigenvalue weighted by Gasteiger charge is -2.17. The number of rotatable bonds is 6. The third-order valence-corrected chi connectivity index (χ3v) is 1.98. The molecule has 0 aromatic carbocycles. The van der Waals surface area contributed by atoms with E-state index in [1.54, 1.807) is 0 Å². The van der Waals surface area contributed by atoms with Gasteiger partial charge in [-0.05, 0) is 6.42 Å². The first-order valence-electron chi connectivity index (χ1n) is 4.90. The summed E-state index contributed by atoms with van der Waals surface area (Å²) in [5.41, 5.74) is -0.295. The number of halogens is 1. The fourth-order valence-corrected chi connectivity index (χ4v) is 1.03. The maximum Gasteiger partial charge on any atom is 0.225 e. The zero-order chi connectivity index (χ0) is 11.0. The van der Waals surface area contributed by atoms with Crippen LogP contribution in [0.2, 0.25) is 0 Å². The Hall–Kier alpha value is -0.0900. The van der Waals surface area contributed by atoms with Crippen LogP contribution in [0.4, 0.5) is 0 Å². The lowest BCUT2D eigenvalue weighted by molar-refractivity contribution is -0.128. The molecule has 0 radical (unpaired) electrons. The second-order valence-electron chi connectivity index (χ2n) is 4.16. The van der Waals surface area contributed by atoms with Gasteiger partial charge in [-0.2, -0.15) is 0 Å². The highest BCUT2D eigenvalue weighted by Crippen LogP contribution is 2.11. The third-order valence-electron chi connectivity index (χ3n) is 1.65. The number of nitrogens with one attached hydrogen (secondary N) is 1. The Kier molecular flexibility index (Phi) is 7.19. The molecule has 84 valence electrons. The molecule has 0 aromatic rings. The number of carbonyl (C=O) groups is 1. The van der Waals surface area contributed by atoms with Crippen molar-refractivity contribution < 1.29 is 9.53 Å². The Balaban J connectivity index is 3.33. The third kappa shape index (κ3) is 7.33. The van der Waals surface area contributed by atoms with E-state index < -0.39 is 0 Å². The van der Waals surface area contributed by atoms with Gasteiger partial charge in [-0.25, -0.2) is 0 Å². The minimum Gasteiger partial charge on any atom is -0.381 e. The summed E-state index contributed by atoms with van der Waals surface area (Å²) in [6.07, 6.45) is 0.870. The number of alkyl halides is 1. The predicted octanol–water partition coefficient (Wildman–Crippen LogP) is 1.95. The summed E-state index contributed by atoms with van der Waals surface area (Å²) in [5, 5.41) is 3.73. The van der Waals surface area contributed by atoms with Gasteiger partial charge in [0, 0.05) is 23.9 Å². The fourth-order valence-electron chi connectivity index (χ4n) is 0.798. The monoisotopic (exact) mass is 265 g/mol. The molecule has 0 aliphatic carbocycles. The quantitative estimate of drug-likeness (QED) is 0.589. The van der Waals surface area contributed by atoms with Crippen LogP contribution in [0.1, 0.15) is 27.2 Å². The standard InChI is InChI=1S/C10H20BrNO2/c1-10(2,3)9(13)12-6-4-7-14-8-5-11/h4-8H2,1-3H3,(H,12,13). The van der Waals surface area contributed by atoms with E-state index in [0.29, 0.717) is 13.2 Å². The van der Waals surface area contributed by atoms with Crippen LogP contribution in [0.25, 0.3) is 0 Å². The molecule has 14 heavy (non-hydrogen) atoms. The Morgan fingerprint density at radius 2 is 2.00 bits per heavy atom. The Morgan fingerprint density at radius 3 is 2.50 bits per heavy atom. The van der Waals surface area contributed by atoms with Gasteiger partial charge in [0.2, 0.25) is 5.91 Å². The van der Waals surface area contributed by atoms with E-state index in [1.807, 2.05) is 20.8 Å². The molecule has 0 rings (SSSR count). The first-order valence-corrected chi connectivity index (χ1v) is 6.02. The van der Waals surface area contributed by atoms with Crippen molar-refractivity contribution in [2.45, 2.75) is 27.2 Å². The molecule has 3 nitrogen and oxygen atoms in total. The van der Waals surface area contributed by atoms with E-state index in [9.17, 15) is 4.79 Å². The summed E-state index contributed by atoms with van der Waals surface area (Å²) >= 11 is 3.27. The SMILES string of the molecule is CC(C)(C)C(=O)NCCCOCCBr. The van der Waals surface area contributed by atoms with Crippen molar-refractivity contribution in [3.8, 4) is 0 Å². The van der Waals surface area contributed by atoms with Crippen molar-refractivity contribution in [3.05, 3.63) is 0 Å². The molecule has 4 heteroatoms. The van der Waals surface area contributed by atoms with Gasteiger partial charge < -0.3 is 10.1 Å². The molecule has 0 unspecified atom stereocenters. The van der Waals surface area contributed by atoms with E-state index in [1.165, 1.54) is 0 Å². The average molecular weight is 266 g/mol. The molecule has 1 amide bonds. The minimum absolute atomic E-state index is 0.0954. The normalized spacial score (nSPS) is 11.4. The Labute approximate surface area is 94.7 Å². The van der Waals surface area contributed by atoms with Crippen molar-refractivity contribution in [3.63, 3.8) is 0 Å². The van der Waals surface area contributed by atoms with Crippen LogP contribution < -0.4 is 5.32 Å². The van der Waals surface area contributed by atoms with Gasteiger partial charge in [0.15, 0.2) is 0 Å². The Morgan fingerprint density at radius 1 is 1.36 bits per heavy atom. The van der Waals surface area contributed by atoms with Gasteiger partial charge in [-0.1, -0.05) is 36.7 Å². The Bertz CT molecular complexity index is 166. The van der Waals surface area contributed by atoms with E-state index >= 15 is 0 Å². The van der Waals surface area contributed by atoms with Crippen molar-refractivity contribution in [1.29, 1.82) is 0 Å². The summed E-state index contributed by atoms with van der Waals surface area (Å²) in [7, 11) is 0. The molecule has 0 fully saturated rings. The number of amides is 1. The molecule has 0 saturated heterocycles. The van der Waals surface area contributed by atoms with Crippen LogP contribution in [0.15, 0.2) is 0 Å². The molecule has 0 spiro atoms. The van der Waals surface area contributed by atoms with E-state index in [-0.39, 0.29) is 11.3 Å². The van der Waals surface area contributed by atoms with Gasteiger partial charge in [-0.15, -0.1) is 0 Å². The zero-order valence-electron chi connectivity index (χ0n) is 9.23. The molecule has 0 heterocycles. The highest BCUT2D eigenvalue weighted by Gasteiger charge is 2.19. The molecule has 0 aliphatic rings. The topological polar surface area (TPSA) is 38.3 Å². The lowest BCUT2D eigenvalue weighted by atomic mass is 9.96. The molecule has 0 bridgehead atoms. The van der Waals surface area contributed by atoms with Crippen molar-refractivity contribution >= 4 is 21.8 Å². The van der Waals surface area contributed by atoms with E-state index in [4.69, 9.17) is 4.74 Å². The minimum atomic E-state index is -0.295. The van der Waals surface area contributed by atoms with E-state index in [0.717, 1.165) is 18.4 Å². The second-order valence-corrected chi connectivity index (χ2v) is 4.95. The van der Waals surface area contributed by atoms with Crippen molar-refractivity contribution in [1.82, 2.24) is 5.32 Å². The summed E-state index contributed by atoms with van der Waals surface area (Å²) in [6.45, 7) is 7.85. The molecule has 0 atom stereocenters. The van der Waals surface area contributed by atoms with Crippen LogP contribution in [0.5, 0.6) is 0 Å². The van der Waals surface area contributed by atoms with Crippen LogP contribution in [0.3, 0.4) is 0 Å². The zero-order valence-corrected chi connectivity index (χ0v) is 10.8. The summed E-state index contributed by atoms with van der Waals surface area (Å²) in [4.78, 5) is 11.4. The summed E-state index contributed by atoms with van der Waals surface area (Å²) in [5.74, 6) is 0.0954. The van der Waals surface area contributed by atoms with Crippen molar-refractivity contribution in [2.75, 3.05) is 25.1 Å². The number of carbonyl (C=O) groups excluding carboxylic acids is 1. The molecular formula is C10H20BrNO2. The van der Waals surface area contributed by atoms with Gasteiger partial charge in [0.25, 0.3) is 0 Å². The molecule has 0 aromatic heterocycles. The maximum absolute atomic E-state index is 11.4. The first-order chi connectivity index (χ1) is 6.48. The fraction of sp³-hybridized carbons (Fsp3) is 0.900. The summed E-state index contributed by atoms with van der Waals surface area (Å²) < 4.78 is 5.25. The first kappa shape index (κ1) is 13.9. The van der Waals surface area contributed by atoms with E-state index in [2.05, 4.69) is 21.2 Å². The average Bonchev–Trinajstić information content (AvgIpc) is 2.09. The number of hydrogen-bond donors (Lipinski definition) is 1. The maximum atomic E-state index is 11.4. The number of ether oxygens (including phenoxy) is 1. The smallest absolute Gasteiger partial charge is 0.225 e.